The van der Waals surface area contributed by atoms with Gasteiger partial charge in [0.25, 0.3) is 0 Å². The van der Waals surface area contributed by atoms with E-state index >= 15 is 0 Å². The SMILES string of the molecule is CC1CCCC1NS(=O)(=O)CC(=O)O. The number of carbonyl (C=O) groups is 1. The van der Waals surface area contributed by atoms with Crippen LogP contribution in [-0.2, 0) is 14.8 Å². The van der Waals surface area contributed by atoms with E-state index in [-0.39, 0.29) is 6.04 Å². The van der Waals surface area contributed by atoms with Gasteiger partial charge in [-0.1, -0.05) is 13.3 Å². The van der Waals surface area contributed by atoms with Crippen LogP contribution >= 0.6 is 0 Å². The van der Waals surface area contributed by atoms with Gasteiger partial charge in [0.05, 0.1) is 0 Å². The molecule has 0 aromatic carbocycles. The Bertz CT molecular complexity index is 311. The Hall–Kier alpha value is -0.620. The molecule has 0 aromatic heterocycles. The van der Waals surface area contributed by atoms with Gasteiger partial charge in [-0.05, 0) is 18.8 Å². The van der Waals surface area contributed by atoms with Crippen LogP contribution in [0.1, 0.15) is 26.2 Å². The van der Waals surface area contributed by atoms with Gasteiger partial charge < -0.3 is 5.11 Å². The molecule has 0 amide bonds. The molecule has 2 unspecified atom stereocenters. The van der Waals surface area contributed by atoms with Gasteiger partial charge >= 0.3 is 5.97 Å². The van der Waals surface area contributed by atoms with E-state index in [9.17, 15) is 13.2 Å². The molecule has 0 saturated heterocycles. The second-order valence-corrected chi connectivity index (χ2v) is 5.54. The lowest BCUT2D eigenvalue weighted by Crippen LogP contribution is -2.39. The van der Waals surface area contributed by atoms with E-state index in [1.165, 1.54) is 0 Å². The highest BCUT2D eigenvalue weighted by Crippen LogP contribution is 2.25. The van der Waals surface area contributed by atoms with Crippen LogP contribution < -0.4 is 4.72 Å². The van der Waals surface area contributed by atoms with Crippen LogP contribution in [0.2, 0.25) is 0 Å². The van der Waals surface area contributed by atoms with E-state index in [1.807, 2.05) is 6.92 Å². The number of hydrogen-bond acceptors (Lipinski definition) is 3. The third kappa shape index (κ3) is 3.26. The monoisotopic (exact) mass is 221 g/mol. The van der Waals surface area contributed by atoms with E-state index in [4.69, 9.17) is 5.11 Å². The van der Waals surface area contributed by atoms with Crippen LogP contribution in [0.15, 0.2) is 0 Å². The number of carboxylic acids is 1. The molecule has 1 rings (SSSR count). The number of carboxylic acid groups (broad SMARTS) is 1. The van der Waals surface area contributed by atoms with Crippen molar-refractivity contribution in [1.82, 2.24) is 4.72 Å². The average Bonchev–Trinajstić information content (AvgIpc) is 2.32. The van der Waals surface area contributed by atoms with Gasteiger partial charge in [0.1, 0.15) is 0 Å². The highest BCUT2D eigenvalue weighted by atomic mass is 32.2. The zero-order chi connectivity index (χ0) is 10.8. The summed E-state index contributed by atoms with van der Waals surface area (Å²) in [6.45, 7) is 1.97. The normalized spacial score (nSPS) is 27.8. The van der Waals surface area contributed by atoms with E-state index in [0.29, 0.717) is 5.92 Å². The van der Waals surface area contributed by atoms with Crippen molar-refractivity contribution >= 4 is 16.0 Å². The molecule has 1 aliphatic carbocycles. The molecule has 0 heterocycles. The quantitative estimate of drug-likeness (QED) is 0.709. The Labute approximate surface area is 83.6 Å². The molecule has 2 atom stereocenters. The molecule has 0 aromatic rings. The summed E-state index contributed by atoms with van der Waals surface area (Å²) in [6.07, 6.45) is 2.81. The van der Waals surface area contributed by atoms with Crippen LogP contribution in [0, 0.1) is 5.92 Å². The first-order valence-electron chi connectivity index (χ1n) is 4.62. The summed E-state index contributed by atoms with van der Waals surface area (Å²) in [6, 6.07) is -0.0839. The predicted octanol–water partition coefficient (Wildman–Crippen LogP) is 0.179. The topological polar surface area (TPSA) is 83.5 Å². The average molecular weight is 221 g/mol. The third-order valence-corrected chi connectivity index (χ3v) is 3.79. The molecule has 82 valence electrons. The van der Waals surface area contributed by atoms with E-state index in [1.54, 1.807) is 0 Å². The summed E-state index contributed by atoms with van der Waals surface area (Å²) in [5, 5.41) is 8.37. The Morgan fingerprint density at radius 2 is 2.14 bits per heavy atom. The second-order valence-electron chi connectivity index (χ2n) is 3.79. The minimum absolute atomic E-state index is 0.0839. The zero-order valence-electron chi connectivity index (χ0n) is 8.06. The van der Waals surface area contributed by atoms with Gasteiger partial charge in [-0.15, -0.1) is 0 Å². The molecule has 14 heavy (non-hydrogen) atoms. The predicted molar refractivity (Wildman–Crippen MR) is 51.4 cm³/mol. The van der Waals surface area contributed by atoms with Crippen molar-refractivity contribution in [3.05, 3.63) is 0 Å². The fraction of sp³-hybridized carbons (Fsp3) is 0.875. The van der Waals surface area contributed by atoms with Crippen LogP contribution in [0.3, 0.4) is 0 Å². The summed E-state index contributed by atoms with van der Waals surface area (Å²) < 4.78 is 24.9. The molecule has 1 saturated carbocycles. The third-order valence-electron chi connectivity index (χ3n) is 2.51. The number of hydrogen-bond donors (Lipinski definition) is 2. The molecule has 1 fully saturated rings. The maximum absolute atomic E-state index is 11.3. The number of aliphatic carboxylic acids is 1. The Kier molecular flexibility index (Phi) is 3.49. The van der Waals surface area contributed by atoms with E-state index in [2.05, 4.69) is 4.72 Å². The van der Waals surface area contributed by atoms with Crippen molar-refractivity contribution in [2.45, 2.75) is 32.2 Å². The fourth-order valence-corrected chi connectivity index (χ4v) is 2.98. The van der Waals surface area contributed by atoms with Crippen molar-refractivity contribution < 1.29 is 18.3 Å². The van der Waals surface area contributed by atoms with Crippen molar-refractivity contribution in [3.63, 3.8) is 0 Å². The van der Waals surface area contributed by atoms with Gasteiger partial charge in [-0.3, -0.25) is 4.79 Å². The molecule has 6 heteroatoms. The molecule has 0 aliphatic heterocycles. The molecular weight excluding hydrogens is 206 g/mol. The molecule has 0 radical (unpaired) electrons. The highest BCUT2D eigenvalue weighted by Gasteiger charge is 2.28. The minimum Gasteiger partial charge on any atom is -0.480 e. The van der Waals surface area contributed by atoms with Crippen molar-refractivity contribution in [2.24, 2.45) is 5.92 Å². The Balaban J connectivity index is 2.54. The summed E-state index contributed by atoms with van der Waals surface area (Å²) in [5.74, 6) is -1.85. The minimum atomic E-state index is -3.65. The maximum Gasteiger partial charge on any atom is 0.320 e. The smallest absolute Gasteiger partial charge is 0.320 e. The van der Waals surface area contributed by atoms with E-state index in [0.717, 1.165) is 19.3 Å². The van der Waals surface area contributed by atoms with Gasteiger partial charge in [0.2, 0.25) is 10.0 Å². The fourth-order valence-electron chi connectivity index (χ4n) is 1.76. The Morgan fingerprint density at radius 3 is 2.57 bits per heavy atom. The van der Waals surface area contributed by atoms with Crippen molar-refractivity contribution in [2.75, 3.05) is 5.75 Å². The summed E-state index contributed by atoms with van der Waals surface area (Å²) in [4.78, 5) is 10.3. The number of sulfonamides is 1. The lowest BCUT2D eigenvalue weighted by Gasteiger charge is -2.16. The first-order chi connectivity index (χ1) is 6.41. The molecule has 2 N–H and O–H groups in total. The maximum atomic E-state index is 11.3. The van der Waals surface area contributed by atoms with Crippen molar-refractivity contribution in [3.8, 4) is 0 Å². The number of rotatable bonds is 4. The van der Waals surface area contributed by atoms with Crippen LogP contribution in [0.5, 0.6) is 0 Å². The van der Waals surface area contributed by atoms with Crippen LogP contribution in [0.25, 0.3) is 0 Å². The second kappa shape index (κ2) is 4.27. The molecule has 0 spiro atoms. The van der Waals surface area contributed by atoms with Crippen LogP contribution in [0.4, 0.5) is 0 Å². The standard InChI is InChI=1S/C8H15NO4S/c1-6-3-2-4-7(6)9-14(12,13)5-8(10)11/h6-7,9H,2-5H2,1H3,(H,10,11). The summed E-state index contributed by atoms with van der Waals surface area (Å²) in [5.41, 5.74) is 0. The number of nitrogens with one attached hydrogen (secondary N) is 1. The zero-order valence-corrected chi connectivity index (χ0v) is 8.88. The van der Waals surface area contributed by atoms with Gasteiger partial charge in [-0.2, -0.15) is 0 Å². The first kappa shape index (κ1) is 11.5. The molecule has 1 aliphatic rings. The van der Waals surface area contributed by atoms with Crippen LogP contribution in [-0.4, -0.2) is 31.3 Å². The van der Waals surface area contributed by atoms with E-state index < -0.39 is 21.7 Å². The highest BCUT2D eigenvalue weighted by molar-refractivity contribution is 7.90. The van der Waals surface area contributed by atoms with Gasteiger partial charge in [0, 0.05) is 6.04 Å². The van der Waals surface area contributed by atoms with Gasteiger partial charge in [-0.25, -0.2) is 13.1 Å². The van der Waals surface area contributed by atoms with Crippen molar-refractivity contribution in [1.29, 1.82) is 0 Å². The Morgan fingerprint density at radius 1 is 1.50 bits per heavy atom. The molecule has 5 nitrogen and oxygen atoms in total. The first-order valence-corrected chi connectivity index (χ1v) is 6.28. The lowest BCUT2D eigenvalue weighted by atomic mass is 10.1. The molecule has 0 bridgehead atoms. The van der Waals surface area contributed by atoms with Gasteiger partial charge in [0.15, 0.2) is 5.75 Å². The lowest BCUT2D eigenvalue weighted by molar-refractivity contribution is -0.134. The molecular formula is C8H15NO4S. The summed E-state index contributed by atoms with van der Waals surface area (Å²) in [7, 11) is -3.65. The largest absolute Gasteiger partial charge is 0.480 e. The summed E-state index contributed by atoms with van der Waals surface area (Å²) >= 11 is 0.